The maximum atomic E-state index is 11.6. The van der Waals surface area contributed by atoms with E-state index in [1.54, 1.807) is 11.8 Å². The number of carbonyl (C=O) groups excluding carboxylic acids is 2. The lowest BCUT2D eigenvalue weighted by Gasteiger charge is -2.42. The van der Waals surface area contributed by atoms with Crippen molar-refractivity contribution in [3.8, 4) is 11.5 Å². The number of para-hydroxylation sites is 2. The molecule has 1 aromatic carbocycles. The van der Waals surface area contributed by atoms with E-state index in [1.165, 1.54) is 0 Å². The van der Waals surface area contributed by atoms with Gasteiger partial charge in [-0.2, -0.15) is 0 Å². The van der Waals surface area contributed by atoms with Gasteiger partial charge in [-0.05, 0) is 12.1 Å². The van der Waals surface area contributed by atoms with Crippen molar-refractivity contribution in [3.63, 3.8) is 0 Å². The lowest BCUT2D eigenvalue weighted by Crippen LogP contribution is -2.57. The highest BCUT2D eigenvalue weighted by Crippen LogP contribution is 2.31. The van der Waals surface area contributed by atoms with Crippen LogP contribution in [0.4, 0.5) is 0 Å². The van der Waals surface area contributed by atoms with Crippen molar-refractivity contribution in [2.75, 3.05) is 32.8 Å². The molecule has 0 aliphatic carbocycles. The fourth-order valence-electron chi connectivity index (χ4n) is 3.26. The van der Waals surface area contributed by atoms with E-state index in [0.717, 1.165) is 11.5 Å². The molecule has 2 amide bonds. The van der Waals surface area contributed by atoms with Crippen molar-refractivity contribution < 1.29 is 19.1 Å². The van der Waals surface area contributed by atoms with Gasteiger partial charge in [0.25, 0.3) is 0 Å². The van der Waals surface area contributed by atoms with Gasteiger partial charge in [-0.3, -0.25) is 14.5 Å². The van der Waals surface area contributed by atoms with Crippen molar-refractivity contribution in [3.05, 3.63) is 24.3 Å². The molecule has 2 heterocycles. The van der Waals surface area contributed by atoms with Gasteiger partial charge >= 0.3 is 0 Å². The van der Waals surface area contributed by atoms with Crippen molar-refractivity contribution in [2.45, 2.75) is 25.5 Å². The molecule has 7 heteroatoms. The first-order valence-corrected chi connectivity index (χ1v) is 8.19. The highest BCUT2D eigenvalue weighted by Gasteiger charge is 2.32. The predicted octanol–water partition coefficient (Wildman–Crippen LogP) is 0.235. The zero-order valence-electron chi connectivity index (χ0n) is 13.8. The number of fused-ring (bicyclic) bond motifs is 1. The average Bonchev–Trinajstić information content (AvgIpc) is 2.55. The molecule has 130 valence electrons. The van der Waals surface area contributed by atoms with Gasteiger partial charge in [0.05, 0.1) is 0 Å². The number of nitrogens with two attached hydrogens (primary N) is 1. The molecule has 1 aromatic rings. The largest absolute Gasteiger partial charge is 0.486 e. The Morgan fingerprint density at radius 1 is 1.25 bits per heavy atom. The van der Waals surface area contributed by atoms with Gasteiger partial charge in [0.1, 0.15) is 12.7 Å². The Morgan fingerprint density at radius 2 is 2.00 bits per heavy atom. The number of hydrogen-bond donors (Lipinski definition) is 1. The SMILES string of the molecule is CC(=O)N1CCN(CC2COc3ccccc3O2)C(CC(N)=O)C1. The molecule has 0 aromatic heterocycles. The first-order valence-electron chi connectivity index (χ1n) is 8.19. The minimum atomic E-state index is -0.360. The van der Waals surface area contributed by atoms with Gasteiger partial charge in [-0.1, -0.05) is 12.1 Å². The van der Waals surface area contributed by atoms with E-state index in [0.29, 0.717) is 32.8 Å². The van der Waals surface area contributed by atoms with Crippen molar-refractivity contribution in [1.82, 2.24) is 9.80 Å². The summed E-state index contributed by atoms with van der Waals surface area (Å²) in [6.45, 7) is 4.51. The summed E-state index contributed by atoms with van der Waals surface area (Å²) in [6.07, 6.45) is 0.118. The minimum absolute atomic E-state index is 0.0234. The third-order valence-electron chi connectivity index (χ3n) is 4.49. The molecular formula is C17H23N3O4. The lowest BCUT2D eigenvalue weighted by molar-refractivity contribution is -0.133. The van der Waals surface area contributed by atoms with Gasteiger partial charge in [0.15, 0.2) is 11.5 Å². The second kappa shape index (κ2) is 7.09. The summed E-state index contributed by atoms with van der Waals surface area (Å²) in [5.74, 6) is 1.16. The number of carbonyl (C=O) groups is 2. The number of nitrogens with zero attached hydrogens (tertiary/aromatic N) is 2. The molecule has 0 radical (unpaired) electrons. The van der Waals surface area contributed by atoms with E-state index >= 15 is 0 Å². The molecule has 2 aliphatic heterocycles. The molecule has 1 fully saturated rings. The first kappa shape index (κ1) is 16.6. The van der Waals surface area contributed by atoms with E-state index in [1.807, 2.05) is 24.3 Å². The Bertz CT molecular complexity index is 622. The predicted molar refractivity (Wildman–Crippen MR) is 87.8 cm³/mol. The van der Waals surface area contributed by atoms with E-state index in [4.69, 9.17) is 15.2 Å². The smallest absolute Gasteiger partial charge is 0.219 e. The zero-order valence-corrected chi connectivity index (χ0v) is 13.8. The fourth-order valence-corrected chi connectivity index (χ4v) is 3.26. The van der Waals surface area contributed by atoms with Crippen LogP contribution in [0.5, 0.6) is 11.5 Å². The monoisotopic (exact) mass is 333 g/mol. The molecule has 7 nitrogen and oxygen atoms in total. The topological polar surface area (TPSA) is 85.1 Å². The van der Waals surface area contributed by atoms with Crippen LogP contribution in [-0.2, 0) is 9.59 Å². The molecule has 0 saturated carbocycles. The lowest BCUT2D eigenvalue weighted by atomic mass is 10.1. The number of benzene rings is 1. The third kappa shape index (κ3) is 3.79. The van der Waals surface area contributed by atoms with E-state index in [2.05, 4.69) is 4.90 Å². The average molecular weight is 333 g/mol. The van der Waals surface area contributed by atoms with Crippen molar-refractivity contribution in [2.24, 2.45) is 5.73 Å². The number of piperazine rings is 1. The summed E-state index contributed by atoms with van der Waals surface area (Å²) in [5, 5.41) is 0. The van der Waals surface area contributed by atoms with Gasteiger partial charge in [0.2, 0.25) is 11.8 Å². The molecule has 24 heavy (non-hydrogen) atoms. The first-order chi connectivity index (χ1) is 11.5. The van der Waals surface area contributed by atoms with Crippen molar-refractivity contribution in [1.29, 1.82) is 0 Å². The summed E-state index contributed by atoms with van der Waals surface area (Å²) < 4.78 is 11.7. The summed E-state index contributed by atoms with van der Waals surface area (Å²) >= 11 is 0. The molecule has 2 unspecified atom stereocenters. The fraction of sp³-hybridized carbons (Fsp3) is 0.529. The Morgan fingerprint density at radius 3 is 2.71 bits per heavy atom. The second-order valence-corrected chi connectivity index (χ2v) is 6.28. The van der Waals surface area contributed by atoms with E-state index < -0.39 is 0 Å². The Labute approximate surface area is 141 Å². The van der Waals surface area contributed by atoms with Crippen LogP contribution in [0, 0.1) is 0 Å². The van der Waals surface area contributed by atoms with Crippen LogP contribution in [0.2, 0.25) is 0 Å². The summed E-state index contributed by atoms with van der Waals surface area (Å²) in [7, 11) is 0. The maximum absolute atomic E-state index is 11.6. The van der Waals surface area contributed by atoms with Crippen LogP contribution in [0.25, 0.3) is 0 Å². The highest BCUT2D eigenvalue weighted by molar-refractivity contribution is 5.75. The standard InChI is InChI=1S/C17H23N3O4/c1-12(21)19-6-7-20(13(9-19)8-17(18)22)10-14-11-23-15-4-2-3-5-16(15)24-14/h2-5,13-14H,6-11H2,1H3,(H2,18,22). The molecule has 3 rings (SSSR count). The van der Waals surface area contributed by atoms with Crippen LogP contribution in [0.15, 0.2) is 24.3 Å². The van der Waals surface area contributed by atoms with E-state index in [-0.39, 0.29) is 30.4 Å². The van der Waals surface area contributed by atoms with Crippen LogP contribution < -0.4 is 15.2 Å². The van der Waals surface area contributed by atoms with Crippen LogP contribution in [0.3, 0.4) is 0 Å². The number of primary amides is 1. The molecular weight excluding hydrogens is 310 g/mol. The number of rotatable bonds is 4. The van der Waals surface area contributed by atoms with E-state index in [9.17, 15) is 9.59 Å². The van der Waals surface area contributed by atoms with Gasteiger partial charge in [0, 0.05) is 45.6 Å². The third-order valence-corrected chi connectivity index (χ3v) is 4.49. The summed E-state index contributed by atoms with van der Waals surface area (Å²) in [6, 6.07) is 7.50. The zero-order chi connectivity index (χ0) is 17.1. The van der Waals surface area contributed by atoms with Crippen molar-refractivity contribution >= 4 is 11.8 Å². The molecule has 2 N–H and O–H groups in total. The molecule has 0 spiro atoms. The summed E-state index contributed by atoms with van der Waals surface area (Å²) in [4.78, 5) is 26.9. The van der Waals surface area contributed by atoms with Crippen LogP contribution >= 0.6 is 0 Å². The number of amides is 2. The number of hydrogen-bond acceptors (Lipinski definition) is 5. The molecule has 0 bridgehead atoms. The number of ether oxygens (including phenoxy) is 2. The normalized spacial score (nSPS) is 23.8. The Balaban J connectivity index is 1.64. The van der Waals surface area contributed by atoms with Crippen LogP contribution in [0.1, 0.15) is 13.3 Å². The molecule has 1 saturated heterocycles. The van der Waals surface area contributed by atoms with Gasteiger partial charge < -0.3 is 20.1 Å². The summed E-state index contributed by atoms with van der Waals surface area (Å²) in [5.41, 5.74) is 5.38. The van der Waals surface area contributed by atoms with Gasteiger partial charge in [-0.25, -0.2) is 0 Å². The highest BCUT2D eigenvalue weighted by atomic mass is 16.6. The minimum Gasteiger partial charge on any atom is -0.486 e. The molecule has 2 aliphatic rings. The maximum Gasteiger partial charge on any atom is 0.219 e. The Kier molecular flexibility index (Phi) is 4.89. The quantitative estimate of drug-likeness (QED) is 0.853. The van der Waals surface area contributed by atoms with Gasteiger partial charge in [-0.15, -0.1) is 0 Å². The second-order valence-electron chi connectivity index (χ2n) is 6.28. The molecule has 2 atom stereocenters. The Hall–Kier alpha value is -2.28. The van der Waals surface area contributed by atoms with Crippen LogP contribution in [-0.4, -0.2) is 66.5 Å².